The van der Waals surface area contributed by atoms with E-state index in [0.29, 0.717) is 6.54 Å². The van der Waals surface area contributed by atoms with Gasteiger partial charge in [0, 0.05) is 0 Å². The van der Waals surface area contributed by atoms with Crippen LogP contribution in [-0.4, -0.2) is 26.6 Å². The van der Waals surface area contributed by atoms with Crippen LogP contribution < -0.4 is 4.90 Å². The van der Waals surface area contributed by atoms with Gasteiger partial charge < -0.3 is 0 Å². The second-order valence-corrected chi connectivity index (χ2v) is 6.38. The normalized spacial score (nSPS) is 23.6. The zero-order chi connectivity index (χ0) is 16.7. The summed E-state index contributed by atoms with van der Waals surface area (Å²) in [7, 11) is 0. The molecule has 2 aliphatic rings. The van der Waals surface area contributed by atoms with E-state index in [1.165, 1.54) is 23.1 Å². The highest BCUT2D eigenvalue weighted by Crippen LogP contribution is 2.39. The van der Waals surface area contributed by atoms with E-state index in [9.17, 15) is 14.0 Å². The van der Waals surface area contributed by atoms with Crippen LogP contribution in [-0.2, 0) is 16.1 Å². The minimum absolute atomic E-state index is 0.121. The molecule has 4 rings (SSSR count). The Kier molecular flexibility index (Phi) is 3.63. The predicted octanol–water partition coefficient (Wildman–Crippen LogP) is 2.15. The van der Waals surface area contributed by atoms with E-state index in [-0.39, 0.29) is 35.4 Å². The van der Waals surface area contributed by atoms with Crippen molar-refractivity contribution < 1.29 is 14.0 Å². The molecular formula is C17H17FN4O2. The minimum Gasteiger partial charge on any atom is -0.274 e. The van der Waals surface area contributed by atoms with Gasteiger partial charge in [0.2, 0.25) is 11.8 Å². The van der Waals surface area contributed by atoms with Gasteiger partial charge in [-0.15, -0.1) is 5.10 Å². The van der Waals surface area contributed by atoms with Crippen molar-refractivity contribution in [2.75, 3.05) is 4.90 Å². The molecule has 2 aromatic rings. The maximum Gasteiger partial charge on any atom is 0.258 e. The van der Waals surface area contributed by atoms with Gasteiger partial charge in [0.25, 0.3) is 5.95 Å². The van der Waals surface area contributed by atoms with Crippen molar-refractivity contribution in [3.63, 3.8) is 0 Å². The first-order chi connectivity index (χ1) is 11.6. The number of fused-ring (bicyclic) bond motifs is 1. The summed E-state index contributed by atoms with van der Waals surface area (Å²) in [4.78, 5) is 30.3. The molecule has 1 aliphatic heterocycles. The Morgan fingerprint density at radius 2 is 1.83 bits per heavy atom. The first-order valence-corrected chi connectivity index (χ1v) is 8.15. The summed E-state index contributed by atoms with van der Waals surface area (Å²) in [5.41, 5.74) is 0.735. The summed E-state index contributed by atoms with van der Waals surface area (Å²) >= 11 is 0. The number of amides is 2. The molecule has 24 heavy (non-hydrogen) atoms. The molecule has 1 aliphatic carbocycles. The Morgan fingerprint density at radius 3 is 2.50 bits per heavy atom. The molecule has 6 nitrogen and oxygen atoms in total. The number of anilines is 1. The Hall–Kier alpha value is -2.57. The largest absolute Gasteiger partial charge is 0.274 e. The van der Waals surface area contributed by atoms with Crippen LogP contribution in [0.2, 0.25) is 0 Å². The Balaban J connectivity index is 1.56. The van der Waals surface area contributed by atoms with Gasteiger partial charge in [-0.05, 0) is 30.5 Å². The molecule has 1 saturated carbocycles. The van der Waals surface area contributed by atoms with Crippen molar-refractivity contribution in [1.29, 1.82) is 0 Å². The summed E-state index contributed by atoms with van der Waals surface area (Å²) in [6.45, 7) is 0.327. The molecule has 2 amide bonds. The second-order valence-electron chi connectivity index (χ2n) is 6.38. The third-order valence-electron chi connectivity index (χ3n) is 4.80. The van der Waals surface area contributed by atoms with E-state index < -0.39 is 0 Å². The van der Waals surface area contributed by atoms with Crippen LogP contribution in [0, 0.1) is 17.7 Å². The van der Waals surface area contributed by atoms with Crippen LogP contribution in [0.15, 0.2) is 30.6 Å². The lowest BCUT2D eigenvalue weighted by atomic mass is 9.81. The highest BCUT2D eigenvalue weighted by atomic mass is 19.1. The van der Waals surface area contributed by atoms with Crippen molar-refractivity contribution >= 4 is 17.8 Å². The zero-order valence-corrected chi connectivity index (χ0v) is 13.1. The number of rotatable bonds is 3. The standard InChI is InChI=1S/C17H17FN4O2/c18-12-5-3-4-11(8-12)9-21-10-19-17(20-21)22-15(23)13-6-1-2-7-14(13)16(22)24/h3-5,8,10,13-14H,1-2,6-7,9H2. The number of halogens is 1. The van der Waals surface area contributed by atoms with Gasteiger partial charge in [0.15, 0.2) is 0 Å². The van der Waals surface area contributed by atoms with Crippen LogP contribution in [0.4, 0.5) is 10.3 Å². The molecule has 1 aromatic carbocycles. The highest BCUT2D eigenvalue weighted by Gasteiger charge is 2.50. The molecule has 2 fully saturated rings. The Labute approximate surface area is 138 Å². The van der Waals surface area contributed by atoms with Gasteiger partial charge in [-0.3, -0.25) is 9.59 Å². The fraction of sp³-hybridized carbons (Fsp3) is 0.412. The second kappa shape index (κ2) is 5.81. The van der Waals surface area contributed by atoms with Crippen LogP contribution in [0.3, 0.4) is 0 Å². The van der Waals surface area contributed by atoms with Crippen LogP contribution in [0.1, 0.15) is 31.2 Å². The van der Waals surface area contributed by atoms with Crippen molar-refractivity contribution in [3.05, 3.63) is 42.0 Å². The third kappa shape index (κ3) is 2.50. The fourth-order valence-corrected chi connectivity index (χ4v) is 3.65. The molecular weight excluding hydrogens is 311 g/mol. The number of imide groups is 1. The third-order valence-corrected chi connectivity index (χ3v) is 4.80. The summed E-state index contributed by atoms with van der Waals surface area (Å²) in [5.74, 6) is -1.01. The maximum absolute atomic E-state index is 13.3. The average molecular weight is 328 g/mol. The first-order valence-electron chi connectivity index (χ1n) is 8.15. The molecule has 2 heterocycles. The number of nitrogens with zero attached hydrogens (tertiary/aromatic N) is 4. The smallest absolute Gasteiger partial charge is 0.258 e. The quantitative estimate of drug-likeness (QED) is 0.810. The van der Waals surface area contributed by atoms with E-state index in [4.69, 9.17) is 0 Å². The SMILES string of the molecule is O=C1C2CCCCC2C(=O)N1c1ncn(Cc2cccc(F)c2)n1. The Morgan fingerprint density at radius 1 is 1.12 bits per heavy atom. The molecule has 0 radical (unpaired) electrons. The van der Waals surface area contributed by atoms with Crippen molar-refractivity contribution in [2.24, 2.45) is 11.8 Å². The molecule has 2 unspecified atom stereocenters. The number of aromatic nitrogens is 3. The minimum atomic E-state index is -0.318. The van der Waals surface area contributed by atoms with Gasteiger partial charge in [-0.25, -0.2) is 14.0 Å². The summed E-state index contributed by atoms with van der Waals surface area (Å²) in [6.07, 6.45) is 4.94. The lowest BCUT2D eigenvalue weighted by Crippen LogP contribution is -2.32. The van der Waals surface area contributed by atoms with E-state index in [1.54, 1.807) is 12.1 Å². The molecule has 0 bridgehead atoms. The van der Waals surface area contributed by atoms with Crippen molar-refractivity contribution in [3.8, 4) is 0 Å². The molecule has 124 valence electrons. The van der Waals surface area contributed by atoms with E-state index in [1.807, 2.05) is 0 Å². The Bertz CT molecular complexity index is 779. The zero-order valence-electron chi connectivity index (χ0n) is 13.1. The molecule has 7 heteroatoms. The van der Waals surface area contributed by atoms with Gasteiger partial charge >= 0.3 is 0 Å². The summed E-state index contributed by atoms with van der Waals surface area (Å²) in [5, 5.41) is 4.24. The van der Waals surface area contributed by atoms with Gasteiger partial charge in [0.1, 0.15) is 12.1 Å². The number of hydrogen-bond donors (Lipinski definition) is 0. The predicted molar refractivity (Wildman–Crippen MR) is 83.5 cm³/mol. The number of benzene rings is 1. The van der Waals surface area contributed by atoms with E-state index in [0.717, 1.165) is 36.1 Å². The maximum atomic E-state index is 13.3. The molecule has 2 atom stereocenters. The fourth-order valence-electron chi connectivity index (χ4n) is 3.65. The van der Waals surface area contributed by atoms with Crippen LogP contribution >= 0.6 is 0 Å². The highest BCUT2D eigenvalue weighted by molar-refractivity contribution is 6.21. The molecule has 0 N–H and O–H groups in total. The van der Waals surface area contributed by atoms with Gasteiger partial charge in [-0.1, -0.05) is 25.0 Å². The van der Waals surface area contributed by atoms with Crippen LogP contribution in [0.25, 0.3) is 0 Å². The van der Waals surface area contributed by atoms with Crippen molar-refractivity contribution in [1.82, 2.24) is 14.8 Å². The van der Waals surface area contributed by atoms with Gasteiger partial charge in [0.05, 0.1) is 18.4 Å². The molecule has 1 saturated heterocycles. The summed E-state index contributed by atoms with van der Waals surface area (Å²) in [6, 6.07) is 6.20. The van der Waals surface area contributed by atoms with E-state index in [2.05, 4.69) is 10.1 Å². The molecule has 1 aromatic heterocycles. The lowest BCUT2D eigenvalue weighted by molar-refractivity contribution is -0.122. The number of carbonyl (C=O) groups is 2. The summed E-state index contributed by atoms with van der Waals surface area (Å²) < 4.78 is 14.8. The average Bonchev–Trinajstić information content (AvgIpc) is 3.11. The van der Waals surface area contributed by atoms with E-state index >= 15 is 0 Å². The van der Waals surface area contributed by atoms with Crippen LogP contribution in [0.5, 0.6) is 0 Å². The van der Waals surface area contributed by atoms with Gasteiger partial charge in [-0.2, -0.15) is 4.98 Å². The monoisotopic (exact) mass is 328 g/mol. The lowest BCUT2D eigenvalue weighted by Gasteiger charge is -2.19. The first kappa shape index (κ1) is 15.0. The number of carbonyl (C=O) groups excluding carboxylic acids is 2. The topological polar surface area (TPSA) is 68.1 Å². The molecule has 0 spiro atoms. The number of hydrogen-bond acceptors (Lipinski definition) is 4. The van der Waals surface area contributed by atoms with Crippen molar-refractivity contribution in [2.45, 2.75) is 32.2 Å².